The average Bonchev–Trinajstić information content (AvgIpc) is 2.36. The first-order chi connectivity index (χ1) is 9.31. The fraction of sp³-hybridized carbons (Fsp3) is 0.733. The number of hydrogen-bond acceptors (Lipinski definition) is 4. The zero-order valence-electron chi connectivity index (χ0n) is 12.8. The Morgan fingerprint density at radius 1 is 1.40 bits per heavy atom. The maximum atomic E-state index is 11.8. The van der Waals surface area contributed by atoms with Crippen molar-refractivity contribution in [1.29, 1.82) is 0 Å². The molecule has 1 amide bonds. The standard InChI is InChI=1S/C15H25NO4/c1-15(2,3)20-14(18)16-12(13(17)19-4)10-11-8-6-5-7-9-11/h6,8,11-12H,5,7,9-10H2,1-4H3,(H,16,18)/t11-,12+/m1/s1. The lowest BCUT2D eigenvalue weighted by atomic mass is 9.90. The summed E-state index contributed by atoms with van der Waals surface area (Å²) >= 11 is 0. The molecule has 1 N–H and O–H groups in total. The van der Waals surface area contributed by atoms with Gasteiger partial charge in [-0.3, -0.25) is 0 Å². The lowest BCUT2D eigenvalue weighted by molar-refractivity contribution is -0.143. The van der Waals surface area contributed by atoms with E-state index in [4.69, 9.17) is 9.47 Å². The van der Waals surface area contributed by atoms with E-state index in [1.165, 1.54) is 7.11 Å². The zero-order chi connectivity index (χ0) is 15.2. The van der Waals surface area contributed by atoms with E-state index in [-0.39, 0.29) is 0 Å². The van der Waals surface area contributed by atoms with E-state index >= 15 is 0 Å². The van der Waals surface area contributed by atoms with Crippen LogP contribution in [-0.4, -0.2) is 30.8 Å². The van der Waals surface area contributed by atoms with Crippen LogP contribution in [0, 0.1) is 5.92 Å². The number of amides is 1. The minimum absolute atomic E-state index is 0.294. The second kappa shape index (κ2) is 7.31. The van der Waals surface area contributed by atoms with Crippen LogP contribution in [0.15, 0.2) is 12.2 Å². The Balaban J connectivity index is 2.60. The number of alkyl carbamates (subject to hydrolysis) is 1. The fourth-order valence-corrected chi connectivity index (χ4v) is 2.19. The Labute approximate surface area is 120 Å². The van der Waals surface area contributed by atoms with Crippen molar-refractivity contribution < 1.29 is 19.1 Å². The van der Waals surface area contributed by atoms with Crippen LogP contribution in [0.2, 0.25) is 0 Å². The monoisotopic (exact) mass is 283 g/mol. The second-order valence-electron chi connectivity index (χ2n) is 6.08. The molecular weight excluding hydrogens is 258 g/mol. The molecule has 0 saturated heterocycles. The van der Waals surface area contributed by atoms with Gasteiger partial charge in [-0.25, -0.2) is 9.59 Å². The molecule has 0 bridgehead atoms. The average molecular weight is 283 g/mol. The van der Waals surface area contributed by atoms with Gasteiger partial charge in [0.1, 0.15) is 11.6 Å². The van der Waals surface area contributed by atoms with Crippen molar-refractivity contribution in [2.45, 2.75) is 58.1 Å². The fourth-order valence-electron chi connectivity index (χ4n) is 2.19. The minimum atomic E-state index is -0.664. The Bertz CT molecular complexity index is 371. The van der Waals surface area contributed by atoms with Gasteiger partial charge in [0.2, 0.25) is 0 Å². The van der Waals surface area contributed by atoms with Gasteiger partial charge in [0.15, 0.2) is 0 Å². The van der Waals surface area contributed by atoms with Crippen molar-refractivity contribution in [3.05, 3.63) is 12.2 Å². The summed E-state index contributed by atoms with van der Waals surface area (Å²) in [6, 6.07) is -0.664. The number of hydrogen-bond donors (Lipinski definition) is 1. The van der Waals surface area contributed by atoms with Gasteiger partial charge in [0, 0.05) is 0 Å². The number of methoxy groups -OCH3 is 1. The van der Waals surface area contributed by atoms with Crippen LogP contribution >= 0.6 is 0 Å². The van der Waals surface area contributed by atoms with Gasteiger partial charge in [-0.05, 0) is 52.4 Å². The van der Waals surface area contributed by atoms with Crippen LogP contribution in [0.4, 0.5) is 4.79 Å². The number of carbonyl (C=O) groups excluding carboxylic acids is 2. The molecule has 0 heterocycles. The normalized spacial score (nSPS) is 20.1. The smallest absolute Gasteiger partial charge is 0.408 e. The molecule has 1 rings (SSSR count). The molecule has 20 heavy (non-hydrogen) atoms. The Kier molecular flexibility index (Phi) is 6.05. The molecule has 5 heteroatoms. The minimum Gasteiger partial charge on any atom is -0.467 e. The molecule has 0 radical (unpaired) electrons. The molecule has 0 saturated carbocycles. The summed E-state index contributed by atoms with van der Waals surface area (Å²) in [6.45, 7) is 5.34. The molecule has 0 unspecified atom stereocenters. The number of ether oxygens (including phenoxy) is 2. The first-order valence-electron chi connectivity index (χ1n) is 7.06. The number of allylic oxidation sites excluding steroid dienone is 2. The van der Waals surface area contributed by atoms with Gasteiger partial charge in [0.05, 0.1) is 7.11 Å². The van der Waals surface area contributed by atoms with E-state index in [9.17, 15) is 9.59 Å². The first-order valence-corrected chi connectivity index (χ1v) is 7.06. The van der Waals surface area contributed by atoms with Crippen molar-refractivity contribution in [2.24, 2.45) is 5.92 Å². The second-order valence-corrected chi connectivity index (χ2v) is 6.08. The number of nitrogens with one attached hydrogen (secondary N) is 1. The lowest BCUT2D eigenvalue weighted by Gasteiger charge is -2.25. The molecule has 0 aromatic rings. The van der Waals surface area contributed by atoms with Gasteiger partial charge < -0.3 is 14.8 Å². The Hall–Kier alpha value is -1.52. The van der Waals surface area contributed by atoms with Crippen LogP contribution in [0.3, 0.4) is 0 Å². The quantitative estimate of drug-likeness (QED) is 0.636. The van der Waals surface area contributed by atoms with Gasteiger partial charge >= 0.3 is 12.1 Å². The van der Waals surface area contributed by atoms with Crippen molar-refractivity contribution in [1.82, 2.24) is 5.32 Å². The van der Waals surface area contributed by atoms with Gasteiger partial charge in [-0.15, -0.1) is 0 Å². The predicted octanol–water partition coefficient (Wildman–Crippen LogP) is 2.80. The van der Waals surface area contributed by atoms with E-state index in [1.54, 1.807) is 20.8 Å². The molecule has 1 aliphatic carbocycles. The molecule has 0 aromatic carbocycles. The molecule has 1 aliphatic rings. The highest BCUT2D eigenvalue weighted by Gasteiger charge is 2.27. The van der Waals surface area contributed by atoms with E-state index in [2.05, 4.69) is 17.5 Å². The topological polar surface area (TPSA) is 64.6 Å². The maximum Gasteiger partial charge on any atom is 0.408 e. The Morgan fingerprint density at radius 3 is 2.60 bits per heavy atom. The summed E-state index contributed by atoms with van der Waals surface area (Å²) in [5.74, 6) is -0.141. The summed E-state index contributed by atoms with van der Waals surface area (Å²) < 4.78 is 9.93. The predicted molar refractivity (Wildman–Crippen MR) is 76.3 cm³/mol. The highest BCUT2D eigenvalue weighted by atomic mass is 16.6. The molecule has 0 aliphatic heterocycles. The van der Waals surface area contributed by atoms with Crippen molar-refractivity contribution in [2.75, 3.05) is 7.11 Å². The molecule has 114 valence electrons. The third-order valence-electron chi connectivity index (χ3n) is 3.07. The van der Waals surface area contributed by atoms with Crippen LogP contribution in [-0.2, 0) is 14.3 Å². The molecule has 0 aromatic heterocycles. The molecule has 0 spiro atoms. The number of carbonyl (C=O) groups is 2. The van der Waals surface area contributed by atoms with Crippen molar-refractivity contribution in [3.63, 3.8) is 0 Å². The van der Waals surface area contributed by atoms with E-state index < -0.39 is 23.7 Å². The summed E-state index contributed by atoms with van der Waals surface area (Å²) in [4.78, 5) is 23.5. The SMILES string of the molecule is COC(=O)[C@H](C[C@@H]1C=CCCC1)NC(=O)OC(C)(C)C. The molecular formula is C15H25NO4. The Morgan fingerprint density at radius 2 is 2.10 bits per heavy atom. The summed E-state index contributed by atoms with van der Waals surface area (Å²) in [5.41, 5.74) is -0.588. The number of esters is 1. The van der Waals surface area contributed by atoms with E-state index in [0.29, 0.717) is 12.3 Å². The summed E-state index contributed by atoms with van der Waals surface area (Å²) in [6.07, 6.45) is 7.40. The largest absolute Gasteiger partial charge is 0.467 e. The van der Waals surface area contributed by atoms with Gasteiger partial charge in [-0.2, -0.15) is 0 Å². The van der Waals surface area contributed by atoms with Gasteiger partial charge in [0.25, 0.3) is 0 Å². The van der Waals surface area contributed by atoms with E-state index in [1.807, 2.05) is 0 Å². The molecule has 2 atom stereocenters. The molecule has 0 fully saturated rings. The summed E-state index contributed by atoms with van der Waals surface area (Å²) in [7, 11) is 1.32. The van der Waals surface area contributed by atoms with Crippen LogP contribution < -0.4 is 5.32 Å². The van der Waals surface area contributed by atoms with Crippen molar-refractivity contribution >= 4 is 12.1 Å². The molecule has 5 nitrogen and oxygen atoms in total. The van der Waals surface area contributed by atoms with Crippen LogP contribution in [0.1, 0.15) is 46.5 Å². The highest BCUT2D eigenvalue weighted by Crippen LogP contribution is 2.22. The lowest BCUT2D eigenvalue weighted by Crippen LogP contribution is -2.45. The highest BCUT2D eigenvalue weighted by molar-refractivity contribution is 5.81. The zero-order valence-corrected chi connectivity index (χ0v) is 12.8. The third-order valence-corrected chi connectivity index (χ3v) is 3.07. The van der Waals surface area contributed by atoms with E-state index in [0.717, 1.165) is 19.3 Å². The first kappa shape index (κ1) is 16.5. The third kappa shape index (κ3) is 6.08. The number of rotatable bonds is 4. The van der Waals surface area contributed by atoms with Gasteiger partial charge in [-0.1, -0.05) is 12.2 Å². The van der Waals surface area contributed by atoms with Crippen LogP contribution in [0.25, 0.3) is 0 Å². The maximum absolute atomic E-state index is 11.8. The van der Waals surface area contributed by atoms with Crippen LogP contribution in [0.5, 0.6) is 0 Å². The van der Waals surface area contributed by atoms with Crippen molar-refractivity contribution in [3.8, 4) is 0 Å². The summed E-state index contributed by atoms with van der Waals surface area (Å²) in [5, 5.41) is 2.60.